The van der Waals surface area contributed by atoms with Gasteiger partial charge in [0.25, 0.3) is 5.91 Å². The Labute approximate surface area is 173 Å². The van der Waals surface area contributed by atoms with Gasteiger partial charge in [0.15, 0.2) is 5.69 Å². The van der Waals surface area contributed by atoms with Gasteiger partial charge < -0.3 is 16.0 Å². The van der Waals surface area contributed by atoms with E-state index in [1.165, 1.54) is 10.7 Å². The standard InChI is InChI=1S/C22H19N7O/c1-14-25-13-20(26-14)16-5-7-17(8-6-16)27-22(30)21-10-18(12-24)28-29(21)19-4-2-3-15(9-19)11-23/h2-10,13H,11,23H2,1H3,(H,25,26)(H,27,30). The molecule has 2 aromatic heterocycles. The number of aromatic amines is 1. The molecule has 0 aliphatic rings. The van der Waals surface area contributed by atoms with Crippen molar-refractivity contribution in [3.05, 3.63) is 83.6 Å². The molecule has 8 heteroatoms. The molecule has 0 atom stereocenters. The molecule has 4 rings (SSSR count). The van der Waals surface area contributed by atoms with Gasteiger partial charge in [-0.25, -0.2) is 9.67 Å². The first-order valence-electron chi connectivity index (χ1n) is 9.31. The molecule has 0 unspecified atom stereocenters. The first kappa shape index (κ1) is 19.1. The molecule has 0 saturated heterocycles. The van der Waals surface area contributed by atoms with Crippen molar-refractivity contribution in [3.63, 3.8) is 0 Å². The Hall–Kier alpha value is -4.22. The maximum Gasteiger partial charge on any atom is 0.274 e. The molecule has 4 aromatic rings. The Kier molecular flexibility index (Phi) is 5.11. The zero-order valence-electron chi connectivity index (χ0n) is 16.3. The highest BCUT2D eigenvalue weighted by atomic mass is 16.2. The summed E-state index contributed by atoms with van der Waals surface area (Å²) in [4.78, 5) is 20.4. The highest BCUT2D eigenvalue weighted by Gasteiger charge is 2.17. The molecule has 148 valence electrons. The molecular formula is C22H19N7O. The summed E-state index contributed by atoms with van der Waals surface area (Å²) in [7, 11) is 0. The van der Waals surface area contributed by atoms with E-state index in [1.54, 1.807) is 12.1 Å². The normalized spacial score (nSPS) is 10.6. The Bertz CT molecular complexity index is 1250. The van der Waals surface area contributed by atoms with Gasteiger partial charge in [0.2, 0.25) is 0 Å². The summed E-state index contributed by atoms with van der Waals surface area (Å²) < 4.78 is 1.45. The fourth-order valence-corrected chi connectivity index (χ4v) is 3.09. The van der Waals surface area contributed by atoms with Crippen LogP contribution in [-0.2, 0) is 6.54 Å². The Morgan fingerprint density at radius 1 is 1.23 bits per heavy atom. The van der Waals surface area contributed by atoms with Gasteiger partial charge >= 0.3 is 0 Å². The number of aryl methyl sites for hydroxylation is 1. The molecule has 0 saturated carbocycles. The highest BCUT2D eigenvalue weighted by molar-refractivity contribution is 6.03. The van der Waals surface area contributed by atoms with Crippen molar-refractivity contribution in [1.82, 2.24) is 19.7 Å². The van der Waals surface area contributed by atoms with E-state index in [4.69, 9.17) is 5.73 Å². The van der Waals surface area contributed by atoms with Crippen molar-refractivity contribution in [2.75, 3.05) is 5.32 Å². The lowest BCUT2D eigenvalue weighted by Crippen LogP contribution is -2.17. The third-order valence-corrected chi connectivity index (χ3v) is 4.59. The lowest BCUT2D eigenvalue weighted by atomic mass is 10.1. The third kappa shape index (κ3) is 3.83. The van der Waals surface area contributed by atoms with Gasteiger partial charge in [-0.15, -0.1) is 0 Å². The molecule has 8 nitrogen and oxygen atoms in total. The second-order valence-electron chi connectivity index (χ2n) is 6.72. The summed E-state index contributed by atoms with van der Waals surface area (Å²) in [5, 5.41) is 16.3. The van der Waals surface area contributed by atoms with Crippen LogP contribution in [0.5, 0.6) is 0 Å². The summed E-state index contributed by atoms with van der Waals surface area (Å²) >= 11 is 0. The van der Waals surface area contributed by atoms with Crippen LogP contribution in [0.25, 0.3) is 16.9 Å². The molecule has 0 fully saturated rings. The molecule has 0 aliphatic carbocycles. The number of nitrogens with zero attached hydrogens (tertiary/aromatic N) is 4. The van der Waals surface area contributed by atoms with Crippen LogP contribution in [0, 0.1) is 18.3 Å². The number of hydrogen-bond donors (Lipinski definition) is 3. The second-order valence-corrected chi connectivity index (χ2v) is 6.72. The minimum Gasteiger partial charge on any atom is -0.348 e. The number of aromatic nitrogens is 4. The highest BCUT2D eigenvalue weighted by Crippen LogP contribution is 2.21. The number of nitrogens with two attached hydrogens (primary N) is 1. The molecule has 30 heavy (non-hydrogen) atoms. The van der Waals surface area contributed by atoms with Crippen molar-refractivity contribution in [2.24, 2.45) is 5.73 Å². The average Bonchev–Trinajstić information content (AvgIpc) is 3.41. The molecule has 1 amide bonds. The number of carbonyl (C=O) groups is 1. The number of amides is 1. The van der Waals surface area contributed by atoms with E-state index in [0.717, 1.165) is 22.6 Å². The van der Waals surface area contributed by atoms with Crippen LogP contribution in [0.4, 0.5) is 5.69 Å². The zero-order chi connectivity index (χ0) is 21.1. The number of H-pyrrole nitrogens is 1. The minimum absolute atomic E-state index is 0.155. The average molecular weight is 397 g/mol. The lowest BCUT2D eigenvalue weighted by molar-refractivity contribution is 0.101. The quantitative estimate of drug-likeness (QED) is 0.477. The number of rotatable bonds is 5. The summed E-state index contributed by atoms with van der Waals surface area (Å²) in [5.74, 6) is 0.466. The van der Waals surface area contributed by atoms with Crippen LogP contribution in [0.15, 0.2) is 60.8 Å². The van der Waals surface area contributed by atoms with Gasteiger partial charge in [-0.05, 0) is 36.8 Å². The molecule has 0 bridgehead atoms. The number of imidazole rings is 1. The lowest BCUT2D eigenvalue weighted by Gasteiger charge is -2.10. The van der Waals surface area contributed by atoms with Crippen LogP contribution in [0.3, 0.4) is 0 Å². The minimum atomic E-state index is -0.370. The van der Waals surface area contributed by atoms with Crippen LogP contribution in [-0.4, -0.2) is 25.7 Å². The topological polar surface area (TPSA) is 125 Å². The van der Waals surface area contributed by atoms with Gasteiger partial charge in [-0.2, -0.15) is 10.4 Å². The van der Waals surface area contributed by atoms with Crippen molar-refractivity contribution in [3.8, 4) is 23.0 Å². The Balaban J connectivity index is 1.60. The van der Waals surface area contributed by atoms with E-state index in [0.29, 0.717) is 17.9 Å². The number of nitriles is 1. The zero-order valence-corrected chi connectivity index (χ0v) is 16.3. The number of benzene rings is 2. The molecule has 2 heterocycles. The van der Waals surface area contributed by atoms with Crippen molar-refractivity contribution in [2.45, 2.75) is 13.5 Å². The molecule has 0 radical (unpaired) electrons. The summed E-state index contributed by atoms with van der Waals surface area (Å²) in [5.41, 5.74) is 10.1. The molecule has 4 N–H and O–H groups in total. The monoisotopic (exact) mass is 397 g/mol. The number of hydrogen-bond acceptors (Lipinski definition) is 5. The van der Waals surface area contributed by atoms with E-state index >= 15 is 0 Å². The van der Waals surface area contributed by atoms with E-state index in [1.807, 2.05) is 55.6 Å². The summed E-state index contributed by atoms with van der Waals surface area (Å²) in [6.45, 7) is 2.25. The van der Waals surface area contributed by atoms with Gasteiger partial charge in [-0.1, -0.05) is 24.3 Å². The number of carbonyl (C=O) groups excluding carboxylic acids is 1. The molecule has 2 aromatic carbocycles. The van der Waals surface area contributed by atoms with Crippen molar-refractivity contribution >= 4 is 11.6 Å². The molecule has 0 spiro atoms. The summed E-state index contributed by atoms with van der Waals surface area (Å²) in [6, 6.07) is 18.2. The SMILES string of the molecule is Cc1nc(-c2ccc(NC(=O)c3cc(C#N)nn3-c3cccc(CN)c3)cc2)c[nH]1. The summed E-state index contributed by atoms with van der Waals surface area (Å²) in [6.07, 6.45) is 1.83. The second kappa shape index (κ2) is 8.03. The first-order chi connectivity index (χ1) is 14.6. The van der Waals surface area contributed by atoms with Crippen LogP contribution in [0.2, 0.25) is 0 Å². The fourth-order valence-electron chi connectivity index (χ4n) is 3.09. The van der Waals surface area contributed by atoms with Crippen molar-refractivity contribution < 1.29 is 4.79 Å². The van der Waals surface area contributed by atoms with Crippen LogP contribution >= 0.6 is 0 Å². The maximum absolute atomic E-state index is 12.9. The number of anilines is 1. The first-order valence-corrected chi connectivity index (χ1v) is 9.31. The predicted octanol–water partition coefficient (Wildman–Crippen LogP) is 3.15. The van der Waals surface area contributed by atoms with Crippen LogP contribution in [0.1, 0.15) is 27.6 Å². The number of nitrogens with one attached hydrogen (secondary N) is 2. The van der Waals surface area contributed by atoms with Crippen molar-refractivity contribution in [1.29, 1.82) is 5.26 Å². The predicted molar refractivity (Wildman–Crippen MR) is 113 cm³/mol. The Morgan fingerprint density at radius 3 is 2.70 bits per heavy atom. The largest absolute Gasteiger partial charge is 0.348 e. The fraction of sp³-hybridized carbons (Fsp3) is 0.0909. The third-order valence-electron chi connectivity index (χ3n) is 4.59. The van der Waals surface area contributed by atoms with E-state index in [2.05, 4.69) is 20.4 Å². The van der Waals surface area contributed by atoms with Gasteiger partial charge in [0, 0.05) is 30.1 Å². The Morgan fingerprint density at radius 2 is 2.03 bits per heavy atom. The van der Waals surface area contributed by atoms with Crippen LogP contribution < -0.4 is 11.1 Å². The maximum atomic E-state index is 12.9. The van der Waals surface area contributed by atoms with E-state index in [-0.39, 0.29) is 17.3 Å². The van der Waals surface area contributed by atoms with Gasteiger partial charge in [0.05, 0.1) is 11.4 Å². The van der Waals surface area contributed by atoms with E-state index in [9.17, 15) is 10.1 Å². The molecule has 0 aliphatic heterocycles. The van der Waals surface area contributed by atoms with E-state index < -0.39 is 0 Å². The smallest absolute Gasteiger partial charge is 0.274 e. The molecular weight excluding hydrogens is 378 g/mol. The van der Waals surface area contributed by atoms with Gasteiger partial charge in [0.1, 0.15) is 17.6 Å². The van der Waals surface area contributed by atoms with Gasteiger partial charge in [-0.3, -0.25) is 4.79 Å².